The highest BCUT2D eigenvalue weighted by molar-refractivity contribution is 5.93. The summed E-state index contributed by atoms with van der Waals surface area (Å²) in [5.41, 5.74) is 0.703. The number of carbonyl (C=O) groups is 1. The predicted octanol–water partition coefficient (Wildman–Crippen LogP) is 1.90. The van der Waals surface area contributed by atoms with Gasteiger partial charge >= 0.3 is 0 Å². The molecule has 1 aliphatic heterocycles. The van der Waals surface area contributed by atoms with Crippen LogP contribution in [0.3, 0.4) is 0 Å². The minimum atomic E-state index is -0.404. The van der Waals surface area contributed by atoms with Crippen LogP contribution in [0, 0.1) is 5.41 Å². The molecule has 0 spiro atoms. The van der Waals surface area contributed by atoms with Crippen molar-refractivity contribution in [3.8, 4) is 0 Å². The summed E-state index contributed by atoms with van der Waals surface area (Å²) in [6.45, 7) is 9.65. The zero-order valence-electron chi connectivity index (χ0n) is 12.3. The first-order chi connectivity index (χ1) is 8.97. The molecule has 0 bridgehead atoms. The summed E-state index contributed by atoms with van der Waals surface area (Å²) in [5, 5.41) is 6.15. The molecule has 2 heterocycles. The van der Waals surface area contributed by atoms with E-state index in [2.05, 4.69) is 20.5 Å². The van der Waals surface area contributed by atoms with Crippen molar-refractivity contribution in [2.45, 2.75) is 20.8 Å². The van der Waals surface area contributed by atoms with Crippen LogP contribution >= 0.6 is 12.4 Å². The van der Waals surface area contributed by atoms with Crippen LogP contribution in [0.25, 0.3) is 0 Å². The lowest BCUT2D eigenvalue weighted by Crippen LogP contribution is -2.43. The van der Waals surface area contributed by atoms with Crippen LogP contribution in [-0.4, -0.2) is 37.1 Å². The molecule has 0 radical (unpaired) electrons. The molecular formula is C14H23ClN4O. The molecule has 20 heavy (non-hydrogen) atoms. The smallest absolute Gasteiger partial charge is 0.230 e. The number of piperazine rings is 1. The molecule has 2 rings (SSSR count). The van der Waals surface area contributed by atoms with E-state index in [1.54, 1.807) is 0 Å². The standard InChI is InChI=1S/C14H22N4O.ClH/c1-14(2,3)13(19)17-12-5-4-11(10-16-12)18-8-6-15-7-9-18;/h4-5,10,15H,6-9H2,1-3H3,(H,16,17,19);1H. The normalized spacial score (nSPS) is 15.4. The van der Waals surface area contributed by atoms with Crippen LogP contribution in [0.4, 0.5) is 11.5 Å². The largest absolute Gasteiger partial charge is 0.368 e. The Balaban J connectivity index is 0.00000200. The van der Waals surface area contributed by atoms with Gasteiger partial charge in [-0.15, -0.1) is 12.4 Å². The van der Waals surface area contributed by atoms with Crippen molar-refractivity contribution in [2.24, 2.45) is 5.41 Å². The van der Waals surface area contributed by atoms with E-state index < -0.39 is 5.41 Å². The van der Waals surface area contributed by atoms with E-state index in [1.165, 1.54) is 0 Å². The molecule has 6 heteroatoms. The second-order valence-corrected chi connectivity index (χ2v) is 5.84. The topological polar surface area (TPSA) is 57.3 Å². The Hall–Kier alpha value is -1.33. The van der Waals surface area contributed by atoms with Gasteiger partial charge in [0, 0.05) is 31.6 Å². The summed E-state index contributed by atoms with van der Waals surface area (Å²) in [5.74, 6) is 0.591. The molecule has 0 saturated carbocycles. The Morgan fingerprint density at radius 2 is 1.95 bits per heavy atom. The molecule has 1 aromatic heterocycles. The highest BCUT2D eigenvalue weighted by Gasteiger charge is 2.21. The summed E-state index contributed by atoms with van der Waals surface area (Å²) < 4.78 is 0. The van der Waals surface area contributed by atoms with Crippen LogP contribution in [0.1, 0.15) is 20.8 Å². The quantitative estimate of drug-likeness (QED) is 0.875. The van der Waals surface area contributed by atoms with E-state index >= 15 is 0 Å². The van der Waals surface area contributed by atoms with Gasteiger partial charge in [0.25, 0.3) is 0 Å². The minimum Gasteiger partial charge on any atom is -0.368 e. The number of carbonyl (C=O) groups excluding carboxylic acids is 1. The average Bonchev–Trinajstić information content (AvgIpc) is 2.39. The molecule has 1 amide bonds. The number of pyridine rings is 1. The van der Waals surface area contributed by atoms with E-state index in [0.717, 1.165) is 31.9 Å². The third-order valence-corrected chi connectivity index (χ3v) is 3.15. The third-order valence-electron chi connectivity index (χ3n) is 3.15. The van der Waals surface area contributed by atoms with Crippen molar-refractivity contribution >= 4 is 29.8 Å². The summed E-state index contributed by atoms with van der Waals surface area (Å²) in [6, 6.07) is 3.87. The highest BCUT2D eigenvalue weighted by Crippen LogP contribution is 2.18. The Morgan fingerprint density at radius 1 is 1.30 bits per heavy atom. The number of nitrogens with zero attached hydrogens (tertiary/aromatic N) is 2. The predicted molar refractivity (Wildman–Crippen MR) is 84.7 cm³/mol. The van der Waals surface area contributed by atoms with Gasteiger partial charge in [0.1, 0.15) is 5.82 Å². The maximum Gasteiger partial charge on any atom is 0.230 e. The van der Waals surface area contributed by atoms with Gasteiger partial charge in [-0.2, -0.15) is 0 Å². The van der Waals surface area contributed by atoms with Gasteiger partial charge in [-0.05, 0) is 12.1 Å². The first-order valence-electron chi connectivity index (χ1n) is 6.70. The zero-order valence-corrected chi connectivity index (χ0v) is 13.1. The molecule has 0 aromatic carbocycles. The van der Waals surface area contributed by atoms with Gasteiger partial charge in [-0.25, -0.2) is 4.98 Å². The van der Waals surface area contributed by atoms with E-state index in [0.29, 0.717) is 5.82 Å². The minimum absolute atomic E-state index is 0. The molecule has 2 N–H and O–H groups in total. The summed E-state index contributed by atoms with van der Waals surface area (Å²) in [4.78, 5) is 18.5. The summed E-state index contributed by atoms with van der Waals surface area (Å²) >= 11 is 0. The first-order valence-corrected chi connectivity index (χ1v) is 6.70. The molecule has 1 fully saturated rings. The molecule has 1 aliphatic rings. The second kappa shape index (κ2) is 6.90. The van der Waals surface area contributed by atoms with Gasteiger partial charge < -0.3 is 15.5 Å². The third kappa shape index (κ3) is 4.35. The van der Waals surface area contributed by atoms with E-state index in [9.17, 15) is 4.79 Å². The van der Waals surface area contributed by atoms with Crippen LogP contribution in [-0.2, 0) is 4.79 Å². The number of anilines is 2. The fourth-order valence-electron chi connectivity index (χ4n) is 1.87. The second-order valence-electron chi connectivity index (χ2n) is 5.84. The molecule has 5 nitrogen and oxygen atoms in total. The van der Waals surface area contributed by atoms with Crippen molar-refractivity contribution in [2.75, 3.05) is 36.4 Å². The lowest BCUT2D eigenvalue weighted by Gasteiger charge is -2.29. The van der Waals surface area contributed by atoms with Gasteiger partial charge in [0.15, 0.2) is 0 Å². The summed E-state index contributed by atoms with van der Waals surface area (Å²) in [7, 11) is 0. The number of amides is 1. The van der Waals surface area contributed by atoms with Crippen molar-refractivity contribution in [1.82, 2.24) is 10.3 Å². The lowest BCUT2D eigenvalue weighted by atomic mass is 9.96. The fraction of sp³-hybridized carbons (Fsp3) is 0.571. The monoisotopic (exact) mass is 298 g/mol. The van der Waals surface area contributed by atoms with Gasteiger partial charge in [0.05, 0.1) is 11.9 Å². The Morgan fingerprint density at radius 3 is 2.45 bits per heavy atom. The van der Waals surface area contributed by atoms with Crippen LogP contribution in [0.15, 0.2) is 18.3 Å². The van der Waals surface area contributed by atoms with Crippen LogP contribution in [0.5, 0.6) is 0 Å². The number of hydrogen-bond donors (Lipinski definition) is 2. The van der Waals surface area contributed by atoms with Gasteiger partial charge in [-0.3, -0.25) is 4.79 Å². The average molecular weight is 299 g/mol. The number of hydrogen-bond acceptors (Lipinski definition) is 4. The van der Waals surface area contributed by atoms with Crippen molar-refractivity contribution in [1.29, 1.82) is 0 Å². The number of halogens is 1. The van der Waals surface area contributed by atoms with Crippen molar-refractivity contribution in [3.05, 3.63) is 18.3 Å². The Bertz CT molecular complexity index is 435. The van der Waals surface area contributed by atoms with Crippen molar-refractivity contribution < 1.29 is 4.79 Å². The lowest BCUT2D eigenvalue weighted by molar-refractivity contribution is -0.123. The molecule has 112 valence electrons. The molecule has 1 aromatic rings. The maximum atomic E-state index is 11.9. The van der Waals surface area contributed by atoms with E-state index in [1.807, 2.05) is 39.1 Å². The zero-order chi connectivity index (χ0) is 13.9. The SMILES string of the molecule is CC(C)(C)C(=O)Nc1ccc(N2CCNCC2)cn1.Cl. The van der Waals surface area contributed by atoms with E-state index in [4.69, 9.17) is 0 Å². The Kier molecular flexibility index (Phi) is 5.77. The maximum absolute atomic E-state index is 11.9. The van der Waals surface area contributed by atoms with Gasteiger partial charge in [0.2, 0.25) is 5.91 Å². The Labute approximate surface area is 126 Å². The fourth-order valence-corrected chi connectivity index (χ4v) is 1.87. The number of nitrogens with one attached hydrogen (secondary N) is 2. The number of aromatic nitrogens is 1. The van der Waals surface area contributed by atoms with Gasteiger partial charge in [-0.1, -0.05) is 20.8 Å². The van der Waals surface area contributed by atoms with Crippen LogP contribution < -0.4 is 15.5 Å². The molecule has 0 atom stereocenters. The summed E-state index contributed by atoms with van der Waals surface area (Å²) in [6.07, 6.45) is 1.82. The molecule has 1 saturated heterocycles. The molecular weight excluding hydrogens is 276 g/mol. The first kappa shape index (κ1) is 16.7. The molecule has 0 aliphatic carbocycles. The molecule has 0 unspecified atom stereocenters. The van der Waals surface area contributed by atoms with E-state index in [-0.39, 0.29) is 18.3 Å². The van der Waals surface area contributed by atoms with Crippen molar-refractivity contribution in [3.63, 3.8) is 0 Å². The highest BCUT2D eigenvalue weighted by atomic mass is 35.5. The van der Waals surface area contributed by atoms with Crippen LogP contribution in [0.2, 0.25) is 0 Å². The number of rotatable bonds is 2.